The Labute approximate surface area is 409 Å². The molecule has 3 aliphatic heterocycles. The predicted octanol–water partition coefficient (Wildman–Crippen LogP) is 2.57. The first kappa shape index (κ1) is 50.7. The van der Waals surface area contributed by atoms with Crippen molar-refractivity contribution in [2.45, 2.75) is 92.3 Å². The largest absolute Gasteiger partial charge is 0.481 e. The second-order valence-corrected chi connectivity index (χ2v) is 23.9. The highest BCUT2D eigenvalue weighted by Gasteiger charge is 2.75. The maximum absolute atomic E-state index is 14.8. The number of hydrogen-bond acceptors (Lipinski definition) is 19. The first-order valence-electron chi connectivity index (χ1n) is 25.0. The van der Waals surface area contributed by atoms with Gasteiger partial charge in [-0.05, 0) is 138 Å². The number of ether oxygens (including phenoxy) is 7. The van der Waals surface area contributed by atoms with Crippen LogP contribution >= 0.6 is 0 Å². The van der Waals surface area contributed by atoms with E-state index >= 15 is 0 Å². The van der Waals surface area contributed by atoms with Gasteiger partial charge in [0.05, 0.1) is 78.8 Å². The summed E-state index contributed by atoms with van der Waals surface area (Å²) in [4.78, 5) is 154. The van der Waals surface area contributed by atoms with Crippen molar-refractivity contribution >= 4 is 65.7 Å². The molecule has 2 N–H and O–H groups in total. The molecule has 23 atom stereocenters. The fourth-order valence-corrected chi connectivity index (χ4v) is 16.8. The molecule has 3 heterocycles. The Kier molecular flexibility index (Phi) is 12.7. The van der Waals surface area contributed by atoms with E-state index in [2.05, 4.69) is 0 Å². The van der Waals surface area contributed by atoms with Gasteiger partial charge in [-0.25, -0.2) is 0 Å². The van der Waals surface area contributed by atoms with Crippen LogP contribution in [0.3, 0.4) is 0 Å². The number of esters is 10. The summed E-state index contributed by atoms with van der Waals surface area (Å²) >= 11 is 0. The summed E-state index contributed by atoms with van der Waals surface area (Å²) in [5, 5.41) is 20.2. The molecule has 23 unspecified atom stereocenters. The Morgan fingerprint density at radius 1 is 0.521 bits per heavy atom. The van der Waals surface area contributed by atoms with Crippen LogP contribution in [0.4, 0.5) is 0 Å². The minimum absolute atomic E-state index is 0.00549. The molecule has 0 spiro atoms. The van der Waals surface area contributed by atoms with Crippen molar-refractivity contribution in [3.63, 3.8) is 0 Å². The number of hydrogen-bond donors (Lipinski definition) is 2. The van der Waals surface area contributed by atoms with Gasteiger partial charge in [-0.2, -0.15) is 0 Å². The zero-order valence-electron chi connectivity index (χ0n) is 41.3. The molecule has 3 saturated heterocycles. The van der Waals surface area contributed by atoms with Gasteiger partial charge in [-0.1, -0.05) is 13.8 Å². The highest BCUT2D eigenvalue weighted by molar-refractivity contribution is 6.00. The Hall–Kier alpha value is -5.27. The average Bonchev–Trinajstić information content (AvgIpc) is 4.16. The minimum Gasteiger partial charge on any atom is -0.481 e. The van der Waals surface area contributed by atoms with Crippen molar-refractivity contribution in [1.29, 1.82) is 0 Å². The van der Waals surface area contributed by atoms with Crippen LogP contribution in [0.25, 0.3) is 0 Å². The van der Waals surface area contributed by atoms with Gasteiger partial charge in [0.2, 0.25) is 0 Å². The summed E-state index contributed by atoms with van der Waals surface area (Å²) in [5.41, 5.74) is -1.87. The number of carbonyl (C=O) groups excluding carboxylic acids is 10. The lowest BCUT2D eigenvalue weighted by molar-refractivity contribution is -0.179. The molecule has 9 aliphatic rings. The van der Waals surface area contributed by atoms with Crippen LogP contribution in [0.5, 0.6) is 0 Å². The van der Waals surface area contributed by atoms with Crippen LogP contribution < -0.4 is 0 Å². The molecule has 9 fully saturated rings. The summed E-state index contributed by atoms with van der Waals surface area (Å²) in [6, 6.07) is 0. The van der Waals surface area contributed by atoms with E-state index in [1.165, 1.54) is 6.92 Å². The fraction of sp³-hybridized carbons (Fsp3) is 0.784. The van der Waals surface area contributed by atoms with Crippen molar-refractivity contribution in [2.75, 3.05) is 20.3 Å². The number of rotatable bonds is 12. The molecule has 6 bridgehead atoms. The molecular formula is C51H64O20. The normalized spacial score (nSPS) is 44.2. The number of carboxylic acids is 1. The molecule has 20 heteroatoms. The van der Waals surface area contributed by atoms with Crippen molar-refractivity contribution in [3.05, 3.63) is 0 Å². The standard InChI is InChI=1S/C51H64O20/c1-16-19-14-22(34(49(64)71-51(6,7)8)32(19)48(63)70-50(3,4)5)25(16)35-36(45(60)68-44(35)59)27-18-12-20(21(13-18)41(56)66-11-10-52)28(27)37-38(47(62)69-46(37)61)30-24-15-23(31(39(53)54)33(24)42(57)65-9)29(30)26-17(2)40(55)67-43(26)58/h16-38,52H,10-15H2,1-9H3,(H,53,54). The maximum atomic E-state index is 14.8. The van der Waals surface area contributed by atoms with Crippen molar-refractivity contribution in [1.82, 2.24) is 0 Å². The summed E-state index contributed by atoms with van der Waals surface area (Å²) in [6.45, 7) is 12.7. The zero-order valence-corrected chi connectivity index (χ0v) is 41.3. The van der Waals surface area contributed by atoms with Crippen molar-refractivity contribution in [3.8, 4) is 0 Å². The molecule has 0 aromatic carbocycles. The van der Waals surface area contributed by atoms with Gasteiger partial charge in [0.1, 0.15) is 17.8 Å². The van der Waals surface area contributed by atoms with Gasteiger partial charge in [-0.3, -0.25) is 52.7 Å². The maximum Gasteiger partial charge on any atom is 0.317 e. The van der Waals surface area contributed by atoms with Gasteiger partial charge >= 0.3 is 65.7 Å². The van der Waals surface area contributed by atoms with Crippen molar-refractivity contribution in [2.24, 2.45) is 136 Å². The average molecular weight is 997 g/mol. The van der Waals surface area contributed by atoms with E-state index in [9.17, 15) is 63.0 Å². The molecule has 6 aliphatic carbocycles. The molecule has 388 valence electrons. The molecule has 6 saturated carbocycles. The number of aliphatic carboxylic acids is 1. The number of fused-ring (bicyclic) bond motifs is 6. The Morgan fingerprint density at radius 3 is 1.44 bits per heavy atom. The molecule has 0 radical (unpaired) electrons. The van der Waals surface area contributed by atoms with E-state index in [0.717, 1.165) is 7.11 Å². The summed E-state index contributed by atoms with van der Waals surface area (Å²) < 4.78 is 38.6. The third-order valence-corrected chi connectivity index (χ3v) is 18.5. The lowest BCUT2D eigenvalue weighted by atomic mass is 9.53. The van der Waals surface area contributed by atoms with Gasteiger partial charge in [-0.15, -0.1) is 0 Å². The monoisotopic (exact) mass is 996 g/mol. The summed E-state index contributed by atoms with van der Waals surface area (Å²) in [7, 11) is 1.09. The fourth-order valence-electron chi connectivity index (χ4n) is 16.8. The van der Waals surface area contributed by atoms with E-state index in [1.807, 2.05) is 6.92 Å². The van der Waals surface area contributed by atoms with E-state index in [1.54, 1.807) is 41.5 Å². The van der Waals surface area contributed by atoms with E-state index < -0.39 is 220 Å². The van der Waals surface area contributed by atoms with Crippen LogP contribution in [-0.4, -0.2) is 107 Å². The molecule has 0 aromatic rings. The van der Waals surface area contributed by atoms with E-state index in [0.29, 0.717) is 6.42 Å². The van der Waals surface area contributed by atoms with Gasteiger partial charge in [0.25, 0.3) is 0 Å². The van der Waals surface area contributed by atoms with Crippen LogP contribution in [0, 0.1) is 136 Å². The molecule has 71 heavy (non-hydrogen) atoms. The summed E-state index contributed by atoms with van der Waals surface area (Å²) in [5.74, 6) is -33.5. The van der Waals surface area contributed by atoms with Crippen molar-refractivity contribution < 1.29 is 96.1 Å². The van der Waals surface area contributed by atoms with Gasteiger partial charge in [0.15, 0.2) is 0 Å². The first-order valence-corrected chi connectivity index (χ1v) is 25.0. The van der Waals surface area contributed by atoms with Crippen LogP contribution in [0.15, 0.2) is 0 Å². The second-order valence-electron chi connectivity index (χ2n) is 23.9. The number of aliphatic hydroxyl groups excluding tert-OH is 1. The lowest BCUT2D eigenvalue weighted by Crippen LogP contribution is -2.53. The van der Waals surface area contributed by atoms with Crippen LogP contribution in [-0.2, 0) is 85.9 Å². The smallest absolute Gasteiger partial charge is 0.317 e. The third kappa shape index (κ3) is 7.97. The number of carbonyl (C=O) groups is 11. The van der Waals surface area contributed by atoms with E-state index in [4.69, 9.17) is 33.2 Å². The quantitative estimate of drug-likeness (QED) is 0.161. The molecular weight excluding hydrogens is 933 g/mol. The molecule has 0 amide bonds. The Morgan fingerprint density at radius 2 is 0.944 bits per heavy atom. The lowest BCUT2D eigenvalue weighted by Gasteiger charge is -2.47. The number of aliphatic hydroxyl groups is 1. The number of carboxylic acid groups (broad SMARTS) is 1. The van der Waals surface area contributed by atoms with Crippen LogP contribution in [0.2, 0.25) is 0 Å². The number of methoxy groups -OCH3 is 1. The van der Waals surface area contributed by atoms with Crippen LogP contribution in [0.1, 0.15) is 81.1 Å². The highest BCUT2D eigenvalue weighted by atomic mass is 16.6. The predicted molar refractivity (Wildman–Crippen MR) is 233 cm³/mol. The SMILES string of the molecule is COC(=O)C1C2CC(C1C(=O)O)C(C1C(=O)OC(=O)C1C)C2C1C(=O)OC(=O)C1C1C2CC(CC2C(=O)OCCO)C1C1C(=O)OC(=O)C1C1C(C)C2CC1C(C(=O)OC(C)(C)C)C2C(=O)OC(C)(C)C. The van der Waals surface area contributed by atoms with Gasteiger partial charge in [0, 0.05) is 0 Å². The molecule has 9 rings (SSSR count). The number of cyclic esters (lactones) is 6. The first-order chi connectivity index (χ1) is 33.2. The highest BCUT2D eigenvalue weighted by Crippen LogP contribution is 2.71. The minimum atomic E-state index is -1.51. The Bertz CT molecular complexity index is 2340. The topological polar surface area (TPSA) is 293 Å². The summed E-state index contributed by atoms with van der Waals surface area (Å²) in [6.07, 6.45) is 0.644. The van der Waals surface area contributed by atoms with Gasteiger partial charge < -0.3 is 43.4 Å². The van der Waals surface area contributed by atoms with E-state index in [-0.39, 0.29) is 25.9 Å². The molecule has 20 nitrogen and oxygen atoms in total. The second kappa shape index (κ2) is 17.7. The Balaban J connectivity index is 1.15. The molecule has 0 aromatic heterocycles. The zero-order chi connectivity index (χ0) is 51.8. The third-order valence-electron chi connectivity index (χ3n) is 18.5.